The monoisotopic (exact) mass is 364 g/mol. The van der Waals surface area contributed by atoms with E-state index in [0.29, 0.717) is 5.56 Å². The third kappa shape index (κ3) is 3.69. The summed E-state index contributed by atoms with van der Waals surface area (Å²) in [5, 5.41) is 20.3. The minimum Gasteiger partial charge on any atom is -0.459 e. The SMILES string of the molecule is O=C(OC[C@H]1O[C@@H](n2ccc(=O)[nH]c2=S)[C@H](O)[C@@H]1O)c1ccccc1. The number of hydrogen-bond acceptors (Lipinski definition) is 7. The number of carbonyl (C=O) groups excluding carboxylic acids is 1. The van der Waals surface area contributed by atoms with Crippen LogP contribution < -0.4 is 5.56 Å². The lowest BCUT2D eigenvalue weighted by atomic mass is 10.1. The van der Waals surface area contributed by atoms with Crippen molar-refractivity contribution in [1.82, 2.24) is 9.55 Å². The maximum absolute atomic E-state index is 11.9. The summed E-state index contributed by atoms with van der Waals surface area (Å²) in [6.45, 7) is -0.237. The van der Waals surface area contributed by atoms with Crippen molar-refractivity contribution in [3.63, 3.8) is 0 Å². The average Bonchev–Trinajstić information content (AvgIpc) is 2.89. The van der Waals surface area contributed by atoms with Crippen LogP contribution in [0, 0.1) is 4.77 Å². The third-order valence-electron chi connectivity index (χ3n) is 3.85. The van der Waals surface area contributed by atoms with Crippen molar-refractivity contribution >= 4 is 18.2 Å². The third-order valence-corrected chi connectivity index (χ3v) is 4.16. The molecule has 8 nitrogen and oxygen atoms in total. The van der Waals surface area contributed by atoms with Crippen molar-refractivity contribution in [3.8, 4) is 0 Å². The number of benzene rings is 1. The van der Waals surface area contributed by atoms with Gasteiger partial charge >= 0.3 is 5.97 Å². The van der Waals surface area contributed by atoms with Gasteiger partial charge in [0.1, 0.15) is 24.9 Å². The zero-order valence-electron chi connectivity index (χ0n) is 12.9. The van der Waals surface area contributed by atoms with Crippen LogP contribution in [-0.4, -0.2) is 50.7 Å². The van der Waals surface area contributed by atoms with Crippen molar-refractivity contribution in [3.05, 3.63) is 63.3 Å². The number of aliphatic hydroxyl groups excluding tert-OH is 2. The van der Waals surface area contributed by atoms with E-state index in [-0.39, 0.29) is 16.9 Å². The molecule has 2 aromatic rings. The molecular weight excluding hydrogens is 348 g/mol. The first-order chi connectivity index (χ1) is 12.0. The Morgan fingerprint density at radius 2 is 1.96 bits per heavy atom. The van der Waals surface area contributed by atoms with Crippen molar-refractivity contribution in [2.24, 2.45) is 0 Å². The summed E-state index contributed by atoms with van der Waals surface area (Å²) in [5.74, 6) is -0.560. The van der Waals surface area contributed by atoms with Crippen molar-refractivity contribution in [2.75, 3.05) is 6.61 Å². The van der Waals surface area contributed by atoms with Gasteiger partial charge in [0.15, 0.2) is 11.0 Å². The van der Waals surface area contributed by atoms with E-state index >= 15 is 0 Å². The number of nitrogens with zero attached hydrogens (tertiary/aromatic N) is 1. The Balaban J connectivity index is 1.69. The Labute approximate surface area is 147 Å². The van der Waals surface area contributed by atoms with Gasteiger partial charge in [0.05, 0.1) is 5.56 Å². The van der Waals surface area contributed by atoms with Gasteiger partial charge in [0.25, 0.3) is 5.56 Å². The zero-order valence-corrected chi connectivity index (χ0v) is 13.8. The number of carbonyl (C=O) groups is 1. The van der Waals surface area contributed by atoms with Crippen LogP contribution >= 0.6 is 12.2 Å². The molecule has 0 unspecified atom stereocenters. The van der Waals surface area contributed by atoms with Crippen LogP contribution in [0.1, 0.15) is 16.6 Å². The number of aliphatic hydroxyl groups is 2. The second-order valence-corrected chi connectivity index (χ2v) is 5.91. The molecule has 1 aliphatic rings. The second kappa shape index (κ2) is 7.28. The quantitative estimate of drug-likeness (QED) is 0.531. The van der Waals surface area contributed by atoms with E-state index in [9.17, 15) is 19.8 Å². The fraction of sp³-hybridized carbons (Fsp3) is 0.312. The molecule has 0 radical (unpaired) electrons. The fourth-order valence-corrected chi connectivity index (χ4v) is 2.81. The van der Waals surface area contributed by atoms with Gasteiger partial charge in [-0.1, -0.05) is 18.2 Å². The molecule has 1 aromatic carbocycles. The first-order valence-corrected chi connectivity index (χ1v) is 7.93. The van der Waals surface area contributed by atoms with E-state index in [1.165, 1.54) is 16.8 Å². The van der Waals surface area contributed by atoms with Gasteiger partial charge < -0.3 is 19.7 Å². The van der Waals surface area contributed by atoms with Crippen molar-refractivity contribution < 1.29 is 24.5 Å². The number of aromatic amines is 1. The molecule has 0 amide bonds. The van der Waals surface area contributed by atoms with E-state index in [4.69, 9.17) is 21.7 Å². The number of nitrogens with one attached hydrogen (secondary N) is 1. The second-order valence-electron chi connectivity index (χ2n) is 5.53. The minimum atomic E-state index is -1.29. The maximum Gasteiger partial charge on any atom is 0.338 e. The smallest absolute Gasteiger partial charge is 0.338 e. The van der Waals surface area contributed by atoms with Gasteiger partial charge in [0.2, 0.25) is 0 Å². The first-order valence-electron chi connectivity index (χ1n) is 7.52. The largest absolute Gasteiger partial charge is 0.459 e. The molecule has 1 fully saturated rings. The molecule has 132 valence electrons. The maximum atomic E-state index is 11.9. The van der Waals surface area contributed by atoms with Gasteiger partial charge in [-0.2, -0.15) is 0 Å². The summed E-state index contributed by atoms with van der Waals surface area (Å²) in [4.78, 5) is 25.6. The van der Waals surface area contributed by atoms with Gasteiger partial charge in [-0.05, 0) is 24.4 Å². The molecule has 2 heterocycles. The lowest BCUT2D eigenvalue weighted by molar-refractivity contribution is -0.0591. The summed E-state index contributed by atoms with van der Waals surface area (Å²) in [7, 11) is 0. The lowest BCUT2D eigenvalue weighted by Gasteiger charge is -2.17. The highest BCUT2D eigenvalue weighted by Gasteiger charge is 2.44. The highest BCUT2D eigenvalue weighted by Crippen LogP contribution is 2.29. The molecule has 1 aromatic heterocycles. The van der Waals surface area contributed by atoms with Crippen LogP contribution in [-0.2, 0) is 9.47 Å². The lowest BCUT2D eigenvalue weighted by Crippen LogP contribution is -2.34. The molecule has 0 aliphatic carbocycles. The average molecular weight is 364 g/mol. The van der Waals surface area contributed by atoms with Crippen molar-refractivity contribution in [1.29, 1.82) is 0 Å². The minimum absolute atomic E-state index is 0.0469. The molecule has 3 N–H and O–H groups in total. The predicted molar refractivity (Wildman–Crippen MR) is 88.5 cm³/mol. The zero-order chi connectivity index (χ0) is 18.0. The van der Waals surface area contributed by atoms with E-state index in [1.807, 2.05) is 0 Å². The number of aromatic nitrogens is 2. The standard InChI is InChI=1S/C16H16N2O6S/c19-11-6-7-18(16(25)17-11)14-13(21)12(20)10(24-14)8-23-15(22)9-4-2-1-3-5-9/h1-7,10,12-14,20-21H,8H2,(H,17,19,25)/t10-,12-,13-,14-/m1/s1. The molecule has 3 rings (SSSR count). The van der Waals surface area contributed by atoms with E-state index < -0.39 is 30.5 Å². The molecule has 9 heteroatoms. The number of ether oxygens (including phenoxy) is 2. The molecule has 1 saturated heterocycles. The Morgan fingerprint density at radius 3 is 2.64 bits per heavy atom. The highest BCUT2D eigenvalue weighted by atomic mass is 32.1. The summed E-state index contributed by atoms with van der Waals surface area (Å²) < 4.78 is 12.1. The Morgan fingerprint density at radius 1 is 1.24 bits per heavy atom. The van der Waals surface area contributed by atoms with Gasteiger partial charge in [-0.15, -0.1) is 0 Å². The van der Waals surface area contributed by atoms with Crippen LogP contribution in [0.3, 0.4) is 0 Å². The van der Waals surface area contributed by atoms with Crippen LogP contribution in [0.25, 0.3) is 0 Å². The Kier molecular flexibility index (Phi) is 5.09. The number of esters is 1. The topological polar surface area (TPSA) is 114 Å². The fourth-order valence-electron chi connectivity index (χ4n) is 2.54. The molecule has 0 saturated carbocycles. The molecule has 4 atom stereocenters. The predicted octanol–water partition coefficient (Wildman–Crippen LogP) is 0.382. The summed E-state index contributed by atoms with van der Waals surface area (Å²) in [5.41, 5.74) is -0.0161. The Bertz CT molecular complexity index is 865. The van der Waals surface area contributed by atoms with E-state index in [2.05, 4.69) is 4.98 Å². The van der Waals surface area contributed by atoms with E-state index in [0.717, 1.165) is 0 Å². The first kappa shape index (κ1) is 17.5. The molecule has 0 bridgehead atoms. The van der Waals surface area contributed by atoms with E-state index in [1.54, 1.807) is 30.3 Å². The molecular formula is C16H16N2O6S. The summed E-state index contributed by atoms with van der Waals surface area (Å²) >= 11 is 5.03. The number of hydrogen-bond donors (Lipinski definition) is 3. The number of H-pyrrole nitrogens is 1. The van der Waals surface area contributed by atoms with Crippen molar-refractivity contribution in [2.45, 2.75) is 24.5 Å². The number of rotatable bonds is 4. The normalized spacial score (nSPS) is 25.7. The Hall–Kier alpha value is -2.33. The van der Waals surface area contributed by atoms with Gasteiger partial charge in [0, 0.05) is 12.3 Å². The van der Waals surface area contributed by atoms with Crippen LogP contribution in [0.2, 0.25) is 0 Å². The van der Waals surface area contributed by atoms with Gasteiger partial charge in [-0.3, -0.25) is 14.3 Å². The van der Waals surface area contributed by atoms with Crippen LogP contribution in [0.5, 0.6) is 0 Å². The molecule has 0 spiro atoms. The summed E-state index contributed by atoms with van der Waals surface area (Å²) in [6, 6.07) is 9.61. The van der Waals surface area contributed by atoms with Gasteiger partial charge in [-0.25, -0.2) is 4.79 Å². The molecule has 25 heavy (non-hydrogen) atoms. The molecule has 1 aliphatic heterocycles. The summed E-state index contributed by atoms with van der Waals surface area (Å²) in [6.07, 6.45) is -3.14. The van der Waals surface area contributed by atoms with Crippen LogP contribution in [0.15, 0.2) is 47.4 Å². The van der Waals surface area contributed by atoms with Crippen LogP contribution in [0.4, 0.5) is 0 Å². The highest BCUT2D eigenvalue weighted by molar-refractivity contribution is 7.71.